The lowest BCUT2D eigenvalue weighted by atomic mass is 10.1. The van der Waals surface area contributed by atoms with Crippen molar-refractivity contribution in [2.75, 3.05) is 40.5 Å². The van der Waals surface area contributed by atoms with E-state index in [-0.39, 0.29) is 17.7 Å². The number of nitrogens with zero attached hydrogens (tertiary/aromatic N) is 1. The average molecular weight is 449 g/mol. The molecule has 0 saturated carbocycles. The van der Waals surface area contributed by atoms with Gasteiger partial charge in [-0.3, -0.25) is 4.79 Å². The first-order chi connectivity index (χ1) is 14.8. The number of sulfonamides is 1. The molecular formula is C22H28N2O6S. The summed E-state index contributed by atoms with van der Waals surface area (Å²) < 4.78 is 42.4. The molecular weight excluding hydrogens is 420 g/mol. The normalized spacial score (nSPS) is 15.8. The molecule has 1 aliphatic heterocycles. The molecule has 0 unspecified atom stereocenters. The molecule has 2 aromatic carbocycles. The fourth-order valence-electron chi connectivity index (χ4n) is 3.41. The van der Waals surface area contributed by atoms with E-state index in [9.17, 15) is 13.2 Å². The molecule has 168 valence electrons. The van der Waals surface area contributed by atoms with Crippen LogP contribution in [0.15, 0.2) is 42.5 Å². The number of carbonyl (C=O) groups excluding carboxylic acids is 1. The maximum atomic E-state index is 12.7. The number of hydrogen-bond acceptors (Lipinski definition) is 6. The Bertz CT molecular complexity index is 1000. The number of rotatable bonds is 8. The number of methoxy groups -OCH3 is 2. The number of carbonyl (C=O) groups is 1. The van der Waals surface area contributed by atoms with Crippen molar-refractivity contribution < 1.29 is 27.4 Å². The predicted molar refractivity (Wildman–Crippen MR) is 117 cm³/mol. The highest BCUT2D eigenvalue weighted by atomic mass is 32.2. The van der Waals surface area contributed by atoms with Crippen molar-refractivity contribution in [3.63, 3.8) is 0 Å². The molecule has 0 bridgehead atoms. The van der Waals surface area contributed by atoms with E-state index < -0.39 is 10.0 Å². The summed E-state index contributed by atoms with van der Waals surface area (Å²) in [4.78, 5) is 12.7. The molecule has 3 rings (SSSR count). The molecule has 1 N–H and O–H groups in total. The minimum absolute atomic E-state index is 0.105. The molecule has 1 aliphatic rings. The molecule has 2 aromatic rings. The summed E-state index contributed by atoms with van der Waals surface area (Å²) >= 11 is 0. The standard InChI is InChI=1S/C22H28N2O6S/c1-16(20-14-19(28-2)8-9-21(20)29-3)23-22(25)18-6-4-17(5-7-18)15-31(26,27)24-10-12-30-13-11-24/h4-9,14,16H,10-13,15H2,1-3H3,(H,23,25)/t16-/m1/s1. The van der Waals surface area contributed by atoms with Gasteiger partial charge >= 0.3 is 0 Å². The summed E-state index contributed by atoms with van der Waals surface area (Å²) in [7, 11) is -0.260. The highest BCUT2D eigenvalue weighted by molar-refractivity contribution is 7.88. The molecule has 8 nitrogen and oxygen atoms in total. The van der Waals surface area contributed by atoms with Crippen LogP contribution in [0.5, 0.6) is 11.5 Å². The lowest BCUT2D eigenvalue weighted by Gasteiger charge is -2.26. The second kappa shape index (κ2) is 10.1. The minimum Gasteiger partial charge on any atom is -0.497 e. The van der Waals surface area contributed by atoms with Gasteiger partial charge in [0, 0.05) is 24.2 Å². The largest absolute Gasteiger partial charge is 0.497 e. The van der Waals surface area contributed by atoms with E-state index in [4.69, 9.17) is 14.2 Å². The van der Waals surface area contributed by atoms with Crippen LogP contribution >= 0.6 is 0 Å². The zero-order chi connectivity index (χ0) is 22.4. The van der Waals surface area contributed by atoms with Gasteiger partial charge in [-0.15, -0.1) is 0 Å². The summed E-state index contributed by atoms with van der Waals surface area (Å²) in [6, 6.07) is 11.7. The van der Waals surface area contributed by atoms with Gasteiger partial charge in [-0.05, 0) is 42.8 Å². The molecule has 1 saturated heterocycles. The smallest absolute Gasteiger partial charge is 0.251 e. The van der Waals surface area contributed by atoms with E-state index >= 15 is 0 Å². The van der Waals surface area contributed by atoms with Crippen LogP contribution in [0.25, 0.3) is 0 Å². The first-order valence-electron chi connectivity index (χ1n) is 10.0. The van der Waals surface area contributed by atoms with Crippen molar-refractivity contribution in [1.29, 1.82) is 0 Å². The summed E-state index contributed by atoms with van der Waals surface area (Å²) in [6.45, 7) is 3.42. The zero-order valence-electron chi connectivity index (χ0n) is 18.0. The van der Waals surface area contributed by atoms with Crippen molar-refractivity contribution in [1.82, 2.24) is 9.62 Å². The Kier molecular flexibility index (Phi) is 7.53. The second-order valence-corrected chi connectivity index (χ2v) is 9.24. The third-order valence-corrected chi connectivity index (χ3v) is 7.03. The monoisotopic (exact) mass is 448 g/mol. The second-order valence-electron chi connectivity index (χ2n) is 7.27. The van der Waals surface area contributed by atoms with Crippen LogP contribution in [0.2, 0.25) is 0 Å². The van der Waals surface area contributed by atoms with Gasteiger partial charge in [0.2, 0.25) is 10.0 Å². The van der Waals surface area contributed by atoms with Crippen molar-refractivity contribution in [2.45, 2.75) is 18.7 Å². The lowest BCUT2D eigenvalue weighted by molar-refractivity contribution is 0.0729. The van der Waals surface area contributed by atoms with Crippen LogP contribution in [0, 0.1) is 0 Å². The Morgan fingerprint density at radius 3 is 2.39 bits per heavy atom. The molecule has 1 heterocycles. The van der Waals surface area contributed by atoms with Crippen molar-refractivity contribution in [2.24, 2.45) is 0 Å². The Hall–Kier alpha value is -2.62. The topological polar surface area (TPSA) is 94.2 Å². The number of benzene rings is 2. The first-order valence-corrected chi connectivity index (χ1v) is 11.6. The molecule has 9 heteroatoms. The Labute approximate surface area is 183 Å². The van der Waals surface area contributed by atoms with Crippen molar-refractivity contribution in [3.05, 3.63) is 59.2 Å². The van der Waals surface area contributed by atoms with Gasteiger partial charge in [0.1, 0.15) is 11.5 Å². The van der Waals surface area contributed by atoms with E-state index in [2.05, 4.69) is 5.32 Å². The minimum atomic E-state index is -3.41. The third kappa shape index (κ3) is 5.75. The van der Waals surface area contributed by atoms with Crippen molar-refractivity contribution >= 4 is 15.9 Å². The highest BCUT2D eigenvalue weighted by Gasteiger charge is 2.24. The van der Waals surface area contributed by atoms with Crippen LogP contribution in [-0.4, -0.2) is 59.2 Å². The average Bonchev–Trinajstić information content (AvgIpc) is 2.79. The predicted octanol–water partition coefficient (Wildman–Crippen LogP) is 2.36. The number of morpholine rings is 1. The Balaban J connectivity index is 1.66. The summed E-state index contributed by atoms with van der Waals surface area (Å²) in [5, 5.41) is 2.94. The maximum absolute atomic E-state index is 12.7. The molecule has 1 atom stereocenters. The molecule has 1 fully saturated rings. The molecule has 0 radical (unpaired) electrons. The summed E-state index contributed by atoms with van der Waals surface area (Å²) in [6.07, 6.45) is 0. The molecule has 31 heavy (non-hydrogen) atoms. The van der Waals surface area contributed by atoms with Gasteiger partial charge in [0.25, 0.3) is 5.91 Å². The van der Waals surface area contributed by atoms with Crippen LogP contribution in [0.1, 0.15) is 34.5 Å². The van der Waals surface area contributed by atoms with Crippen LogP contribution in [-0.2, 0) is 20.5 Å². The van der Waals surface area contributed by atoms with Crippen LogP contribution in [0.3, 0.4) is 0 Å². The quantitative estimate of drug-likeness (QED) is 0.666. The van der Waals surface area contributed by atoms with E-state index in [0.29, 0.717) is 48.9 Å². The SMILES string of the molecule is COc1ccc(OC)c([C@@H](C)NC(=O)c2ccc(CS(=O)(=O)N3CCOCC3)cc2)c1. The highest BCUT2D eigenvalue weighted by Crippen LogP contribution is 2.29. The fourth-order valence-corrected chi connectivity index (χ4v) is 4.92. The number of ether oxygens (including phenoxy) is 3. The van der Waals surface area contributed by atoms with Gasteiger partial charge in [0.05, 0.1) is 39.2 Å². The molecule has 0 aliphatic carbocycles. The number of hydrogen-bond donors (Lipinski definition) is 1. The van der Waals surface area contributed by atoms with E-state index in [0.717, 1.165) is 5.56 Å². The summed E-state index contributed by atoms with van der Waals surface area (Å²) in [5.74, 6) is 0.951. The van der Waals surface area contributed by atoms with E-state index in [1.165, 1.54) is 4.31 Å². The third-order valence-electron chi connectivity index (χ3n) is 5.18. The van der Waals surface area contributed by atoms with Crippen molar-refractivity contribution in [3.8, 4) is 11.5 Å². The van der Waals surface area contributed by atoms with Gasteiger partial charge in [-0.2, -0.15) is 4.31 Å². The maximum Gasteiger partial charge on any atom is 0.251 e. The number of nitrogens with one attached hydrogen (secondary N) is 1. The van der Waals surface area contributed by atoms with Crippen LogP contribution in [0.4, 0.5) is 0 Å². The summed E-state index contributed by atoms with van der Waals surface area (Å²) in [5.41, 5.74) is 1.87. The Morgan fingerprint density at radius 2 is 1.77 bits per heavy atom. The van der Waals surface area contributed by atoms with Gasteiger partial charge in [-0.25, -0.2) is 8.42 Å². The van der Waals surface area contributed by atoms with Gasteiger partial charge in [0.15, 0.2) is 0 Å². The lowest BCUT2D eigenvalue weighted by Crippen LogP contribution is -2.41. The zero-order valence-corrected chi connectivity index (χ0v) is 18.8. The van der Waals surface area contributed by atoms with Gasteiger partial charge < -0.3 is 19.5 Å². The van der Waals surface area contributed by atoms with E-state index in [1.54, 1.807) is 50.6 Å². The fraction of sp³-hybridized carbons (Fsp3) is 0.409. The molecule has 1 amide bonds. The van der Waals surface area contributed by atoms with E-state index in [1.807, 2.05) is 13.0 Å². The van der Waals surface area contributed by atoms with Crippen LogP contribution < -0.4 is 14.8 Å². The molecule has 0 spiro atoms. The Morgan fingerprint density at radius 1 is 1.10 bits per heavy atom. The molecule has 0 aromatic heterocycles. The first kappa shape index (κ1) is 23.1. The van der Waals surface area contributed by atoms with Gasteiger partial charge in [-0.1, -0.05) is 12.1 Å². The number of amides is 1.